The number of phenols is 1. The van der Waals surface area contributed by atoms with Gasteiger partial charge < -0.3 is 5.11 Å². The lowest BCUT2D eigenvalue weighted by Gasteiger charge is -2.06. The lowest BCUT2D eigenvalue weighted by Crippen LogP contribution is -2.03. The van der Waals surface area contributed by atoms with E-state index >= 15 is 0 Å². The minimum Gasteiger partial charge on any atom is -0.508 e. The van der Waals surface area contributed by atoms with Crippen LogP contribution in [0.1, 0.15) is 37.6 Å². The van der Waals surface area contributed by atoms with Gasteiger partial charge in [0.05, 0.1) is 16.1 Å². The van der Waals surface area contributed by atoms with E-state index in [9.17, 15) is 23.1 Å². The van der Waals surface area contributed by atoms with Crippen molar-refractivity contribution in [3.8, 4) is 16.3 Å². The van der Waals surface area contributed by atoms with Gasteiger partial charge in [-0.2, -0.15) is 13.2 Å². The van der Waals surface area contributed by atoms with Crippen molar-refractivity contribution in [3.63, 3.8) is 0 Å². The van der Waals surface area contributed by atoms with Gasteiger partial charge in [0.1, 0.15) is 10.8 Å². The molecule has 150 valence electrons. The highest BCUT2D eigenvalue weighted by Crippen LogP contribution is 2.33. The van der Waals surface area contributed by atoms with Gasteiger partial charge in [-0.1, -0.05) is 24.3 Å². The molecule has 0 aliphatic carbocycles. The molecular weight excluding hydrogens is 399 g/mol. The van der Waals surface area contributed by atoms with Gasteiger partial charge >= 0.3 is 6.18 Å². The number of carbonyl (C=O) groups excluding carboxylic acids is 1. The maximum atomic E-state index is 12.7. The van der Waals surface area contributed by atoms with Crippen molar-refractivity contribution in [2.45, 2.75) is 26.9 Å². The fourth-order valence-electron chi connectivity index (χ4n) is 2.80. The lowest BCUT2D eigenvalue weighted by atomic mass is 10.0. The molecule has 3 nitrogen and oxygen atoms in total. The first-order chi connectivity index (χ1) is 13.6. The number of nitrogens with zero attached hydrogens (tertiary/aromatic N) is 1. The van der Waals surface area contributed by atoms with E-state index in [0.29, 0.717) is 21.1 Å². The highest BCUT2D eigenvalue weighted by Gasteiger charge is 2.30. The predicted octanol–water partition coefficient (Wildman–Crippen LogP) is 6.36. The summed E-state index contributed by atoms with van der Waals surface area (Å²) in [4.78, 5) is 17.4. The van der Waals surface area contributed by atoms with Crippen LogP contribution < -0.4 is 0 Å². The predicted molar refractivity (Wildman–Crippen MR) is 108 cm³/mol. The second-order valence-corrected chi connectivity index (χ2v) is 7.63. The molecule has 2 aromatic carbocycles. The van der Waals surface area contributed by atoms with Crippen LogP contribution in [0, 0.1) is 20.8 Å². The number of halogens is 3. The second-order valence-electron chi connectivity index (χ2n) is 6.63. The van der Waals surface area contributed by atoms with Crippen LogP contribution in [0.4, 0.5) is 13.2 Å². The third kappa shape index (κ3) is 4.40. The summed E-state index contributed by atoms with van der Waals surface area (Å²) in [5.41, 5.74) is 2.77. The van der Waals surface area contributed by atoms with Crippen LogP contribution in [0.2, 0.25) is 0 Å². The first-order valence-corrected chi connectivity index (χ1v) is 9.56. The molecule has 0 amide bonds. The van der Waals surface area contributed by atoms with Crippen LogP contribution in [-0.2, 0) is 6.18 Å². The fourth-order valence-corrected chi connectivity index (χ4v) is 3.79. The molecule has 0 bridgehead atoms. The van der Waals surface area contributed by atoms with Crippen molar-refractivity contribution in [1.82, 2.24) is 4.98 Å². The van der Waals surface area contributed by atoms with Crippen LogP contribution in [0.5, 0.6) is 5.75 Å². The zero-order chi connectivity index (χ0) is 21.3. The monoisotopic (exact) mass is 417 g/mol. The van der Waals surface area contributed by atoms with E-state index in [1.807, 2.05) is 6.92 Å². The van der Waals surface area contributed by atoms with Crippen LogP contribution in [0.3, 0.4) is 0 Å². The molecule has 0 saturated carbocycles. The largest absolute Gasteiger partial charge is 0.508 e. The lowest BCUT2D eigenvalue weighted by molar-refractivity contribution is -0.137. The number of alkyl halides is 3. The Labute approximate surface area is 170 Å². The van der Waals surface area contributed by atoms with Crippen LogP contribution >= 0.6 is 11.3 Å². The maximum Gasteiger partial charge on any atom is 0.416 e. The number of aromatic nitrogens is 1. The molecular formula is C22H18F3NO2S. The van der Waals surface area contributed by atoms with Gasteiger partial charge in [0.25, 0.3) is 0 Å². The number of aryl methyl sites for hydroxylation is 1. The Morgan fingerprint density at radius 2 is 1.69 bits per heavy atom. The summed E-state index contributed by atoms with van der Waals surface area (Å²) in [6.45, 7) is 5.36. The second kappa shape index (κ2) is 7.83. The van der Waals surface area contributed by atoms with E-state index in [1.165, 1.54) is 18.2 Å². The van der Waals surface area contributed by atoms with Crippen molar-refractivity contribution in [2.75, 3.05) is 0 Å². The number of phenolic OH excluding ortho intramolecular Hbond substituents is 1. The topological polar surface area (TPSA) is 50.2 Å². The molecule has 0 saturated heterocycles. The first-order valence-electron chi connectivity index (χ1n) is 8.74. The molecule has 0 fully saturated rings. The molecule has 0 unspecified atom stereocenters. The van der Waals surface area contributed by atoms with Gasteiger partial charge in [-0.3, -0.25) is 4.79 Å². The first kappa shape index (κ1) is 20.8. The Bertz CT molecular complexity index is 1100. The van der Waals surface area contributed by atoms with E-state index in [2.05, 4.69) is 4.98 Å². The summed E-state index contributed by atoms with van der Waals surface area (Å²) in [6.07, 6.45) is -1.27. The van der Waals surface area contributed by atoms with Gasteiger partial charge in [0.15, 0.2) is 5.78 Å². The van der Waals surface area contributed by atoms with Crippen LogP contribution in [0.15, 0.2) is 42.5 Å². The summed E-state index contributed by atoms with van der Waals surface area (Å²) in [7, 11) is 0. The smallest absolute Gasteiger partial charge is 0.416 e. The van der Waals surface area contributed by atoms with Crippen LogP contribution in [0.25, 0.3) is 16.6 Å². The van der Waals surface area contributed by atoms with Crippen molar-refractivity contribution in [3.05, 3.63) is 75.3 Å². The number of rotatable bonds is 4. The van der Waals surface area contributed by atoms with Gasteiger partial charge in [0.2, 0.25) is 0 Å². The average molecular weight is 417 g/mol. The van der Waals surface area contributed by atoms with Crippen molar-refractivity contribution in [2.24, 2.45) is 0 Å². The fraction of sp³-hybridized carbons (Fsp3) is 0.182. The van der Waals surface area contributed by atoms with Crippen molar-refractivity contribution < 1.29 is 23.1 Å². The quantitative estimate of drug-likeness (QED) is 0.397. The van der Waals surface area contributed by atoms with Gasteiger partial charge in [-0.25, -0.2) is 4.98 Å². The summed E-state index contributed by atoms with van der Waals surface area (Å²) in [6, 6.07) is 8.02. The Morgan fingerprint density at radius 3 is 2.31 bits per heavy atom. The third-order valence-corrected chi connectivity index (χ3v) is 5.92. The Balaban J connectivity index is 1.85. The number of aromatic hydroxyl groups is 1. The van der Waals surface area contributed by atoms with Crippen molar-refractivity contribution >= 4 is 23.2 Å². The van der Waals surface area contributed by atoms with E-state index in [4.69, 9.17) is 0 Å². The average Bonchev–Trinajstić information content (AvgIpc) is 3.06. The summed E-state index contributed by atoms with van der Waals surface area (Å²) in [5.74, 6) is -0.0336. The normalized spacial score (nSPS) is 11.9. The molecule has 1 N–H and O–H groups in total. The molecule has 3 aromatic rings. The number of ketones is 1. The van der Waals surface area contributed by atoms with E-state index in [1.54, 1.807) is 32.1 Å². The van der Waals surface area contributed by atoms with E-state index < -0.39 is 11.7 Å². The van der Waals surface area contributed by atoms with Gasteiger partial charge in [0, 0.05) is 5.56 Å². The summed E-state index contributed by atoms with van der Waals surface area (Å²) in [5, 5.41) is 10.2. The Kier molecular flexibility index (Phi) is 5.61. The molecule has 3 rings (SSSR count). The Hall–Kier alpha value is -2.93. The number of thiazole rings is 1. The number of benzene rings is 2. The minimum absolute atomic E-state index is 0.200. The van der Waals surface area contributed by atoms with E-state index in [-0.39, 0.29) is 11.5 Å². The molecule has 0 spiro atoms. The zero-order valence-corrected chi connectivity index (χ0v) is 16.8. The Morgan fingerprint density at radius 1 is 1.03 bits per heavy atom. The summed E-state index contributed by atoms with van der Waals surface area (Å²) < 4.78 is 38.2. The van der Waals surface area contributed by atoms with E-state index in [0.717, 1.165) is 40.2 Å². The number of allylic oxidation sites excluding steroid dienone is 1. The molecule has 0 aliphatic heterocycles. The SMILES string of the molecule is Cc1nc(-c2ccc(C(F)(F)F)cc2)sc1C(=O)/C=C/c1ccc(O)c(C)c1C. The molecule has 29 heavy (non-hydrogen) atoms. The minimum atomic E-state index is -4.39. The molecule has 7 heteroatoms. The molecule has 0 radical (unpaired) electrons. The highest BCUT2D eigenvalue weighted by atomic mass is 32.1. The van der Waals surface area contributed by atoms with Crippen LogP contribution in [-0.4, -0.2) is 15.9 Å². The van der Waals surface area contributed by atoms with Crippen molar-refractivity contribution in [1.29, 1.82) is 0 Å². The highest BCUT2D eigenvalue weighted by molar-refractivity contribution is 7.17. The maximum absolute atomic E-state index is 12.7. The molecule has 1 heterocycles. The number of hydrogen-bond donors (Lipinski definition) is 1. The number of carbonyl (C=O) groups is 1. The van der Waals surface area contributed by atoms with Gasteiger partial charge in [-0.15, -0.1) is 11.3 Å². The number of hydrogen-bond acceptors (Lipinski definition) is 4. The third-order valence-electron chi connectivity index (χ3n) is 4.69. The molecule has 1 aromatic heterocycles. The summed E-state index contributed by atoms with van der Waals surface area (Å²) >= 11 is 1.15. The molecule has 0 atom stereocenters. The zero-order valence-electron chi connectivity index (χ0n) is 16.0. The standard InChI is InChI=1S/C22H18F3NO2S/c1-12-13(2)18(27)10-6-15(12)7-11-19(28)20-14(3)26-21(29-20)16-4-8-17(9-5-16)22(23,24)25/h4-11,27H,1-3H3/b11-7+. The molecule has 0 aliphatic rings. The van der Waals surface area contributed by atoms with Gasteiger partial charge in [-0.05, 0) is 61.7 Å².